The second-order valence-electron chi connectivity index (χ2n) is 4.80. The molecular formula is C14H19BrClN. The molecule has 0 radical (unpaired) electrons. The lowest BCUT2D eigenvalue weighted by molar-refractivity contribution is 0.317. The SMILES string of the molecule is CCC1CCCCC1Nc1cccc(Cl)c1Br. The first-order valence-electron chi connectivity index (χ1n) is 6.43. The fourth-order valence-corrected chi connectivity index (χ4v) is 3.25. The summed E-state index contributed by atoms with van der Waals surface area (Å²) in [5.74, 6) is 0.801. The Hall–Kier alpha value is -0.210. The molecule has 1 aliphatic rings. The van der Waals surface area contributed by atoms with Gasteiger partial charge in [0.25, 0.3) is 0 Å². The first-order valence-corrected chi connectivity index (χ1v) is 7.60. The van der Waals surface area contributed by atoms with E-state index in [1.54, 1.807) is 0 Å². The van der Waals surface area contributed by atoms with E-state index in [1.807, 2.05) is 12.1 Å². The van der Waals surface area contributed by atoms with Gasteiger partial charge in [0, 0.05) is 6.04 Å². The van der Waals surface area contributed by atoms with E-state index in [1.165, 1.54) is 32.1 Å². The van der Waals surface area contributed by atoms with Gasteiger partial charge in [0.1, 0.15) is 0 Å². The van der Waals surface area contributed by atoms with E-state index in [2.05, 4.69) is 34.2 Å². The molecule has 2 atom stereocenters. The number of benzene rings is 1. The Morgan fingerprint density at radius 1 is 1.35 bits per heavy atom. The van der Waals surface area contributed by atoms with Crippen molar-refractivity contribution in [2.45, 2.75) is 45.1 Å². The van der Waals surface area contributed by atoms with Crippen LogP contribution in [-0.4, -0.2) is 6.04 Å². The molecule has 0 amide bonds. The normalized spacial score (nSPS) is 24.6. The van der Waals surface area contributed by atoms with Gasteiger partial charge in [-0.25, -0.2) is 0 Å². The Morgan fingerprint density at radius 3 is 2.88 bits per heavy atom. The van der Waals surface area contributed by atoms with Crippen LogP contribution in [0.3, 0.4) is 0 Å². The summed E-state index contributed by atoms with van der Waals surface area (Å²) in [6.45, 7) is 2.29. The molecule has 2 unspecified atom stereocenters. The maximum Gasteiger partial charge on any atom is 0.0593 e. The van der Waals surface area contributed by atoms with Crippen LogP contribution in [-0.2, 0) is 0 Å². The van der Waals surface area contributed by atoms with Gasteiger partial charge in [-0.05, 0) is 46.8 Å². The summed E-state index contributed by atoms with van der Waals surface area (Å²) in [6, 6.07) is 6.61. The first kappa shape index (κ1) is 13.2. The molecule has 1 aromatic carbocycles. The van der Waals surface area contributed by atoms with Gasteiger partial charge in [0.15, 0.2) is 0 Å². The third-order valence-electron chi connectivity index (χ3n) is 3.73. The molecule has 0 aliphatic heterocycles. The predicted octanol–water partition coefficient (Wildman–Crippen LogP) is 5.48. The van der Waals surface area contributed by atoms with Crippen molar-refractivity contribution in [3.05, 3.63) is 27.7 Å². The Labute approximate surface area is 117 Å². The summed E-state index contributed by atoms with van der Waals surface area (Å²) in [5, 5.41) is 4.44. The molecule has 0 aromatic heterocycles. The van der Waals surface area contributed by atoms with Crippen molar-refractivity contribution in [3.63, 3.8) is 0 Å². The van der Waals surface area contributed by atoms with E-state index in [9.17, 15) is 0 Å². The van der Waals surface area contributed by atoms with Crippen LogP contribution >= 0.6 is 27.5 Å². The van der Waals surface area contributed by atoms with Gasteiger partial charge in [-0.3, -0.25) is 0 Å². The minimum absolute atomic E-state index is 0.600. The molecule has 0 heterocycles. The number of halogens is 2. The molecule has 0 bridgehead atoms. The Bertz CT molecular complexity index is 380. The van der Waals surface area contributed by atoms with Crippen LogP contribution in [0.25, 0.3) is 0 Å². The van der Waals surface area contributed by atoms with E-state index in [-0.39, 0.29) is 0 Å². The predicted molar refractivity (Wildman–Crippen MR) is 78.8 cm³/mol. The van der Waals surface area contributed by atoms with Crippen LogP contribution in [0.2, 0.25) is 5.02 Å². The summed E-state index contributed by atoms with van der Waals surface area (Å²) >= 11 is 9.67. The topological polar surface area (TPSA) is 12.0 Å². The van der Waals surface area contributed by atoms with Crippen LogP contribution in [0.1, 0.15) is 39.0 Å². The standard InChI is InChI=1S/C14H19BrClN/c1-2-10-6-3-4-8-12(10)17-13-9-5-7-11(16)14(13)15/h5,7,9-10,12,17H,2-4,6,8H2,1H3. The second-order valence-corrected chi connectivity index (χ2v) is 6.01. The lowest BCUT2D eigenvalue weighted by Gasteiger charge is -2.32. The van der Waals surface area contributed by atoms with Crippen molar-refractivity contribution < 1.29 is 0 Å². The first-order chi connectivity index (χ1) is 8.22. The molecule has 3 heteroatoms. The van der Waals surface area contributed by atoms with Gasteiger partial charge in [-0.2, -0.15) is 0 Å². The average Bonchev–Trinajstić information content (AvgIpc) is 2.35. The molecule has 94 valence electrons. The van der Waals surface area contributed by atoms with Gasteiger partial charge in [0.2, 0.25) is 0 Å². The quantitative estimate of drug-likeness (QED) is 0.778. The smallest absolute Gasteiger partial charge is 0.0593 e. The number of hydrogen-bond acceptors (Lipinski definition) is 1. The molecule has 1 fully saturated rings. The molecule has 0 spiro atoms. The van der Waals surface area contributed by atoms with Crippen molar-refractivity contribution in [1.82, 2.24) is 0 Å². The monoisotopic (exact) mass is 315 g/mol. The zero-order valence-electron chi connectivity index (χ0n) is 10.2. The number of rotatable bonds is 3. The fraction of sp³-hybridized carbons (Fsp3) is 0.571. The second kappa shape index (κ2) is 6.10. The van der Waals surface area contributed by atoms with E-state index in [0.717, 1.165) is 21.1 Å². The van der Waals surface area contributed by atoms with Crippen molar-refractivity contribution in [1.29, 1.82) is 0 Å². The average molecular weight is 317 g/mol. The minimum atomic E-state index is 0.600. The Morgan fingerprint density at radius 2 is 2.12 bits per heavy atom. The van der Waals surface area contributed by atoms with Crippen LogP contribution in [0.5, 0.6) is 0 Å². The highest BCUT2D eigenvalue weighted by atomic mass is 79.9. The van der Waals surface area contributed by atoms with Gasteiger partial charge in [-0.15, -0.1) is 0 Å². The molecule has 0 saturated heterocycles. The summed E-state index contributed by atoms with van der Waals surface area (Å²) in [4.78, 5) is 0. The van der Waals surface area contributed by atoms with E-state index < -0.39 is 0 Å². The molecule has 1 aromatic rings. The van der Waals surface area contributed by atoms with Crippen molar-refractivity contribution in [2.75, 3.05) is 5.32 Å². The molecule has 1 N–H and O–H groups in total. The lowest BCUT2D eigenvalue weighted by Crippen LogP contribution is -2.31. The zero-order chi connectivity index (χ0) is 12.3. The number of nitrogens with one attached hydrogen (secondary N) is 1. The highest BCUT2D eigenvalue weighted by Crippen LogP contribution is 2.34. The molecular weight excluding hydrogens is 298 g/mol. The molecule has 1 saturated carbocycles. The molecule has 17 heavy (non-hydrogen) atoms. The third kappa shape index (κ3) is 3.17. The van der Waals surface area contributed by atoms with Crippen molar-refractivity contribution in [2.24, 2.45) is 5.92 Å². The number of hydrogen-bond donors (Lipinski definition) is 1. The van der Waals surface area contributed by atoms with Crippen LogP contribution in [0, 0.1) is 5.92 Å². The maximum atomic E-state index is 6.11. The van der Waals surface area contributed by atoms with E-state index in [0.29, 0.717) is 6.04 Å². The van der Waals surface area contributed by atoms with Crippen LogP contribution in [0.4, 0.5) is 5.69 Å². The van der Waals surface area contributed by atoms with Gasteiger partial charge >= 0.3 is 0 Å². The molecule has 1 aliphatic carbocycles. The Balaban J connectivity index is 2.11. The van der Waals surface area contributed by atoms with E-state index in [4.69, 9.17) is 11.6 Å². The van der Waals surface area contributed by atoms with Gasteiger partial charge < -0.3 is 5.32 Å². The molecule has 1 nitrogen and oxygen atoms in total. The van der Waals surface area contributed by atoms with Gasteiger partial charge in [-0.1, -0.05) is 43.9 Å². The number of anilines is 1. The van der Waals surface area contributed by atoms with Crippen molar-refractivity contribution >= 4 is 33.2 Å². The van der Waals surface area contributed by atoms with Crippen LogP contribution < -0.4 is 5.32 Å². The van der Waals surface area contributed by atoms with Crippen LogP contribution in [0.15, 0.2) is 22.7 Å². The van der Waals surface area contributed by atoms with E-state index >= 15 is 0 Å². The van der Waals surface area contributed by atoms with Gasteiger partial charge in [0.05, 0.1) is 15.2 Å². The highest BCUT2D eigenvalue weighted by Gasteiger charge is 2.23. The Kier molecular flexibility index (Phi) is 4.75. The lowest BCUT2D eigenvalue weighted by atomic mass is 9.83. The molecule has 2 rings (SSSR count). The summed E-state index contributed by atoms with van der Waals surface area (Å²) < 4.78 is 0.988. The third-order valence-corrected chi connectivity index (χ3v) is 5.12. The maximum absolute atomic E-state index is 6.11. The summed E-state index contributed by atoms with van der Waals surface area (Å²) in [5.41, 5.74) is 1.13. The van der Waals surface area contributed by atoms with Crippen molar-refractivity contribution in [3.8, 4) is 0 Å². The summed E-state index contributed by atoms with van der Waals surface area (Å²) in [6.07, 6.45) is 6.61. The largest absolute Gasteiger partial charge is 0.381 e. The zero-order valence-corrected chi connectivity index (χ0v) is 12.5. The highest BCUT2D eigenvalue weighted by molar-refractivity contribution is 9.10. The fourth-order valence-electron chi connectivity index (χ4n) is 2.70. The summed E-state index contributed by atoms with van der Waals surface area (Å²) in [7, 11) is 0. The minimum Gasteiger partial charge on any atom is -0.381 e.